The lowest BCUT2D eigenvalue weighted by atomic mass is 9.94. The Bertz CT molecular complexity index is 5560. The Morgan fingerprint density at radius 1 is 0.200 bits per heavy atom. The Morgan fingerprint density at radius 2 is 0.411 bits per heavy atom. The predicted octanol–water partition coefficient (Wildman–Crippen LogP) is 26.1. The van der Waals surface area contributed by atoms with Gasteiger partial charge in [0.1, 0.15) is 0 Å². The van der Waals surface area contributed by atoms with Crippen LogP contribution in [-0.4, -0.2) is 39.9 Å². The van der Waals surface area contributed by atoms with Crippen LogP contribution in [0, 0.1) is 34.5 Å². The highest BCUT2D eigenvalue weighted by Gasteiger charge is 2.14. The minimum absolute atomic E-state index is 0.294. The monoisotopic (exact) mass is 1280 g/mol. The molecule has 8 aromatic heterocycles. The number of pyridine rings is 8. The lowest BCUT2D eigenvalue weighted by Crippen LogP contribution is -1.87. The van der Waals surface area contributed by atoms with Gasteiger partial charge in [-0.15, -0.1) is 0 Å². The molecule has 0 bridgehead atoms. The molecule has 8 heterocycles. The molecule has 0 aliphatic carbocycles. The molecule has 8 heteroatoms. The fourth-order valence-corrected chi connectivity index (χ4v) is 13.8. The molecule has 480 valence electrons. The molecule has 0 spiro atoms. The van der Waals surface area contributed by atoms with Gasteiger partial charge in [-0.2, -0.15) is 0 Å². The molecule has 8 nitrogen and oxygen atoms in total. The topological polar surface area (TPSA) is 103 Å². The summed E-state index contributed by atoms with van der Waals surface area (Å²) < 4.78 is 188. The number of rotatable bonds is 0. The zero-order valence-corrected chi connectivity index (χ0v) is 51.7. The number of aryl methyl sites for hydroxylation is 5. The van der Waals surface area contributed by atoms with Crippen LogP contribution in [0.15, 0.2) is 287 Å². The zero-order chi connectivity index (χ0) is 97.6. The molecule has 20 aromatic rings. The van der Waals surface area contributed by atoms with Crippen LogP contribution in [-0.2, 0) is 0 Å². The Labute approximate surface area is 601 Å². The maximum absolute atomic E-state index is 7.58. The SMILES string of the molecule is [2H]Cc1ccc2c(c1)c1cccnc1c1cnccc21.[2H]Cc1ccc2c(c1)c1cnccc1c1ncccc21.[2H]Cc1ccc2c3ccccc3c3ccncc3c2c1.[2H]Cc1ccc2c3ccccc3c3cnccc3c2c1.[2H]Cc1ccc2c3ccncc3c3cnccc3c2c1.[2H][2H].[2H][2H].[2H][2H].[2H][2H].[2H][2H].[2H][2H].[2H][2H].[2H][2H].[2H][2H].[2H][2H].[2H][2H].[2H][2H].[2H][2H].[2H][2H].[2H][2H]. The van der Waals surface area contributed by atoms with E-state index >= 15 is 0 Å². The molecule has 0 N–H and O–H groups in total. The molecule has 0 saturated carbocycles. The first kappa shape index (κ1) is 39.9. The second kappa shape index (κ2) is 24.4. The normalized spacial score (nSPS) is 13.4. The molecule has 20 rings (SSSR count). The molecule has 0 aliphatic heterocycles. The van der Waals surface area contributed by atoms with Crippen LogP contribution in [0.2, 0.25) is 0 Å². The zero-order valence-electron chi connectivity index (χ0n) is 86.7. The van der Waals surface area contributed by atoms with E-state index in [4.69, 9.17) is 51.4 Å². The summed E-state index contributed by atoms with van der Waals surface area (Å²) in [4.78, 5) is 34.6. The van der Waals surface area contributed by atoms with Crippen molar-refractivity contribution in [3.05, 3.63) is 315 Å². The summed E-state index contributed by atoms with van der Waals surface area (Å²) in [6, 6.07) is 68.6. The molecule has 0 saturated heterocycles. The van der Waals surface area contributed by atoms with Gasteiger partial charge in [-0.05, 0) is 185 Å². The molecule has 0 radical (unpaired) electrons. The largest absolute Gasteiger partial charge is 0.264 e. The minimum Gasteiger partial charge on any atom is -0.264 e. The average Bonchev–Trinajstić information content (AvgIpc) is 0.773. The summed E-state index contributed by atoms with van der Waals surface area (Å²) in [6.45, 7) is 1.52. The van der Waals surface area contributed by atoms with Crippen LogP contribution in [0.1, 0.15) is 79.2 Å². The van der Waals surface area contributed by atoms with E-state index in [0.29, 0.717) is 34.5 Å². The van der Waals surface area contributed by atoms with Crippen molar-refractivity contribution >= 4 is 162 Å². The van der Waals surface area contributed by atoms with Crippen molar-refractivity contribution in [2.75, 3.05) is 0 Å². The second-order valence-electron chi connectivity index (χ2n) is 23.8. The predicted molar refractivity (Wildman–Crippen MR) is 433 cm³/mol. The van der Waals surface area contributed by atoms with Crippen molar-refractivity contribution < 1.29 is 51.4 Å². The van der Waals surface area contributed by atoms with E-state index in [-0.39, 0.29) is 0 Å². The molecular weight excluding hydrogens is 1160 g/mol. The van der Waals surface area contributed by atoms with Crippen molar-refractivity contribution in [2.24, 2.45) is 0 Å². The number of benzene rings is 12. The van der Waals surface area contributed by atoms with E-state index in [9.17, 15) is 0 Å². The van der Waals surface area contributed by atoms with Gasteiger partial charge in [-0.3, -0.25) is 39.9 Å². The number of nitrogens with zero attached hydrogens (tertiary/aromatic N) is 8. The fraction of sp³-hybridized carbons (Fsp3) is 0.0575. The van der Waals surface area contributed by atoms with Crippen LogP contribution >= 0.6 is 0 Å². The van der Waals surface area contributed by atoms with E-state index in [0.717, 1.165) is 98.1 Å². The van der Waals surface area contributed by atoms with Crippen LogP contribution in [0.4, 0.5) is 0 Å². The minimum atomic E-state index is 0.294. The highest BCUT2D eigenvalue weighted by atomic mass is 14.7. The highest BCUT2D eigenvalue weighted by molar-refractivity contribution is 6.29. The van der Waals surface area contributed by atoms with Gasteiger partial charge in [0.05, 0.1) is 11.0 Å². The van der Waals surface area contributed by atoms with Gasteiger partial charge in [0.15, 0.2) is 0 Å². The number of hydrogen-bond donors (Lipinski definition) is 0. The standard InChI is InChI=1S/2C18H13N.3C17H12N2.15H2/c1-12-6-7-15-13-4-2-3-5-14(13)18-11-19-9-8-16(18)17(15)10-12;1-12-6-7-15-13-4-2-3-5-14(13)16-8-9-19-11-18(16)17(15)10-12;1-11-2-3-12-13-4-6-18-9-16(13)17-10-19-7-5-14(17)15(12)8-11;1-11-4-5-12-13-6-8-18-10-16(13)17-14(15(12)9-11)3-2-7-19-17;1-11-4-5-12-13-3-2-7-19-17(13)14-6-8-18-10-16(14)15(12)9-11;;;;;;;;;;;;;;;/h2*2-11H,1H3;3*2-10H,1H3;15*1H/i5*1D;15*1+1D. The molecular formula is C87H92N8. The summed E-state index contributed by atoms with van der Waals surface area (Å²) in [7, 11) is 0. The molecule has 12 aromatic carbocycles. The Hall–Kier alpha value is -12.3. The average molecular weight is 1280 g/mol. The van der Waals surface area contributed by atoms with Gasteiger partial charge in [0, 0.05) is 187 Å². The lowest BCUT2D eigenvalue weighted by Gasteiger charge is -2.10. The van der Waals surface area contributed by atoms with Crippen LogP contribution < -0.4 is 0 Å². The van der Waals surface area contributed by atoms with Gasteiger partial charge < -0.3 is 0 Å². The van der Waals surface area contributed by atoms with E-state index < -0.39 is 0 Å². The van der Waals surface area contributed by atoms with E-state index in [1.807, 2.05) is 141 Å². The molecule has 95 heavy (non-hydrogen) atoms. The van der Waals surface area contributed by atoms with Gasteiger partial charge in [-0.25, -0.2) is 0 Å². The third-order valence-corrected chi connectivity index (χ3v) is 18.1. The highest BCUT2D eigenvalue weighted by Crippen LogP contribution is 2.40. The maximum Gasteiger partial charge on any atom is 0.0802 e. The number of hydrogen-bond acceptors (Lipinski definition) is 8. The quantitative estimate of drug-likeness (QED) is 0.138. The first-order valence-electron chi connectivity index (χ1n) is 49.8. The van der Waals surface area contributed by atoms with Crippen LogP contribution in [0.25, 0.3) is 162 Å². The second-order valence-corrected chi connectivity index (χ2v) is 23.8. The summed E-state index contributed by atoms with van der Waals surface area (Å²) in [6.07, 6.45) is 26.0. The van der Waals surface area contributed by atoms with Crippen molar-refractivity contribution in [1.29, 1.82) is 0 Å². The Kier molecular flexibility index (Phi) is 10.2. The van der Waals surface area contributed by atoms with E-state index in [1.165, 1.54) is 91.6 Å². The van der Waals surface area contributed by atoms with Gasteiger partial charge in [0.2, 0.25) is 0 Å². The molecule has 0 aliphatic rings. The van der Waals surface area contributed by atoms with Crippen molar-refractivity contribution in [3.8, 4) is 0 Å². The van der Waals surface area contributed by atoms with Gasteiger partial charge in [0.25, 0.3) is 0 Å². The van der Waals surface area contributed by atoms with E-state index in [1.54, 1.807) is 6.20 Å². The molecule has 0 amide bonds. The van der Waals surface area contributed by atoms with Gasteiger partial charge >= 0.3 is 0 Å². The molecule has 0 fully saturated rings. The summed E-state index contributed by atoms with van der Waals surface area (Å²) in [5.41, 5.74) is 7.15. The first-order chi connectivity index (χ1) is 64.4. The Balaban J connectivity index is 0.000000756. The summed E-state index contributed by atoms with van der Waals surface area (Å²) in [5.74, 6) is 0. The third-order valence-electron chi connectivity index (χ3n) is 18.1. The first-order valence-corrected chi connectivity index (χ1v) is 31.3. The lowest BCUT2D eigenvalue weighted by molar-refractivity contribution is 1.35. The molecule has 0 unspecified atom stereocenters. The van der Waals surface area contributed by atoms with Crippen LogP contribution in [0.5, 0.6) is 0 Å². The van der Waals surface area contributed by atoms with Crippen molar-refractivity contribution in [3.63, 3.8) is 0 Å². The number of aromatic nitrogens is 8. The van der Waals surface area contributed by atoms with Crippen molar-refractivity contribution in [2.45, 2.75) is 34.5 Å². The Morgan fingerprint density at radius 3 is 0.789 bits per heavy atom. The third kappa shape index (κ3) is 10.5. The maximum atomic E-state index is 7.58. The fourth-order valence-electron chi connectivity index (χ4n) is 13.8. The summed E-state index contributed by atoms with van der Waals surface area (Å²) in [5, 5.41) is 33.1. The summed E-state index contributed by atoms with van der Waals surface area (Å²) >= 11 is 0. The molecule has 0 atom stereocenters. The number of fused-ring (bicyclic) bond motifs is 30. The van der Waals surface area contributed by atoms with Crippen LogP contribution in [0.3, 0.4) is 0 Å². The van der Waals surface area contributed by atoms with E-state index in [2.05, 4.69) is 179 Å². The van der Waals surface area contributed by atoms with Crippen molar-refractivity contribution in [1.82, 2.24) is 39.9 Å². The van der Waals surface area contributed by atoms with Gasteiger partial charge in [-0.1, -0.05) is 179 Å². The smallest absolute Gasteiger partial charge is 0.0802 e.